The molecule has 0 saturated heterocycles. The Morgan fingerprint density at radius 3 is 2.20 bits per heavy atom. The lowest BCUT2D eigenvalue weighted by Gasteiger charge is -2.19. The van der Waals surface area contributed by atoms with Gasteiger partial charge in [-0.05, 0) is 67.4 Å². The van der Waals surface area contributed by atoms with Crippen LogP contribution in [-0.4, -0.2) is 51.7 Å². The van der Waals surface area contributed by atoms with Crippen LogP contribution in [0, 0.1) is 0 Å². The van der Waals surface area contributed by atoms with Crippen molar-refractivity contribution in [3.63, 3.8) is 0 Å². The maximum absolute atomic E-state index is 13.3. The van der Waals surface area contributed by atoms with Crippen molar-refractivity contribution in [2.24, 2.45) is 0 Å². The molecule has 4 aromatic carbocycles. The van der Waals surface area contributed by atoms with Gasteiger partial charge in [-0.15, -0.1) is 10.2 Å². The molecule has 238 valence electrons. The third-order valence-corrected chi connectivity index (χ3v) is 10.5. The molecule has 1 amide bonds. The van der Waals surface area contributed by atoms with Crippen molar-refractivity contribution in [1.29, 1.82) is 0 Å². The van der Waals surface area contributed by atoms with Crippen LogP contribution in [0.5, 0.6) is 11.5 Å². The number of aryl methyl sites for hydroxylation is 1. The van der Waals surface area contributed by atoms with Gasteiger partial charge in [-0.1, -0.05) is 86.3 Å². The number of ether oxygens (including phenoxy) is 1. The second kappa shape index (κ2) is 15.2. The van der Waals surface area contributed by atoms with Crippen molar-refractivity contribution in [3.8, 4) is 22.9 Å². The largest absolute Gasteiger partial charge is 0.457 e. The number of hydrogen-bond acceptors (Lipinski definition) is 7. The molecule has 0 aliphatic rings. The molecule has 46 heavy (non-hydrogen) atoms. The first-order valence-corrected chi connectivity index (χ1v) is 17.5. The van der Waals surface area contributed by atoms with Crippen LogP contribution < -0.4 is 10.1 Å². The topological polar surface area (TPSA) is 106 Å². The van der Waals surface area contributed by atoms with Gasteiger partial charge >= 0.3 is 0 Å². The summed E-state index contributed by atoms with van der Waals surface area (Å²) in [5.74, 6) is 1.75. The highest BCUT2D eigenvalue weighted by molar-refractivity contribution is 8.00. The molecule has 0 fully saturated rings. The number of para-hydroxylation sites is 1. The third kappa shape index (κ3) is 8.03. The van der Waals surface area contributed by atoms with E-state index in [1.807, 2.05) is 92.1 Å². The molecule has 0 aliphatic heterocycles. The molecular formula is C35H37N5O4S2. The number of thioether (sulfide) groups is 1. The number of hydrogen-bond donors (Lipinski definition) is 1. The maximum Gasteiger partial charge on any atom is 0.243 e. The third-order valence-electron chi connectivity index (χ3n) is 7.37. The van der Waals surface area contributed by atoms with E-state index >= 15 is 0 Å². The van der Waals surface area contributed by atoms with Gasteiger partial charge in [-0.2, -0.15) is 4.31 Å². The summed E-state index contributed by atoms with van der Waals surface area (Å²) in [6.07, 6.45) is 0.703. The zero-order valence-electron chi connectivity index (χ0n) is 26.0. The van der Waals surface area contributed by atoms with Crippen LogP contribution >= 0.6 is 11.8 Å². The number of anilines is 1. The van der Waals surface area contributed by atoms with Gasteiger partial charge in [0.1, 0.15) is 11.5 Å². The lowest BCUT2D eigenvalue weighted by atomic mass is 10.1. The molecule has 0 radical (unpaired) electrons. The van der Waals surface area contributed by atoms with Crippen LogP contribution in [0.2, 0.25) is 0 Å². The molecular weight excluding hydrogens is 619 g/mol. The maximum atomic E-state index is 13.3. The summed E-state index contributed by atoms with van der Waals surface area (Å²) in [6.45, 7) is 6.76. The zero-order chi connectivity index (χ0) is 32.5. The standard InChI is InChI=1S/C35H37N5O4S2/c1-4-39(5-2)46(42,43)32-18-12-15-28(25-32)33-37-38-35(40(33)24-23-27-13-8-6-9-14-27)45-26(3)34(41)36-29-19-21-31(22-20-29)44-30-16-10-7-11-17-30/h6-22,25-26H,4-5,23-24H2,1-3H3,(H,36,41). The van der Waals surface area contributed by atoms with Crippen LogP contribution in [0.15, 0.2) is 119 Å². The van der Waals surface area contributed by atoms with Gasteiger partial charge < -0.3 is 14.6 Å². The molecule has 0 aliphatic carbocycles. The van der Waals surface area contributed by atoms with E-state index in [4.69, 9.17) is 4.74 Å². The van der Waals surface area contributed by atoms with Gasteiger partial charge in [0.15, 0.2) is 11.0 Å². The molecule has 1 aromatic heterocycles. The fourth-order valence-corrected chi connectivity index (χ4v) is 7.25. The van der Waals surface area contributed by atoms with E-state index in [2.05, 4.69) is 27.6 Å². The normalized spacial score (nSPS) is 12.2. The van der Waals surface area contributed by atoms with Gasteiger partial charge in [-0.25, -0.2) is 8.42 Å². The molecule has 0 spiro atoms. The molecule has 0 saturated carbocycles. The van der Waals surface area contributed by atoms with Gasteiger partial charge in [0.05, 0.1) is 10.1 Å². The van der Waals surface area contributed by atoms with Crippen molar-refractivity contribution < 1.29 is 17.9 Å². The molecule has 1 unspecified atom stereocenters. The van der Waals surface area contributed by atoms with Gasteiger partial charge in [0.2, 0.25) is 15.9 Å². The number of benzene rings is 4. The van der Waals surface area contributed by atoms with Crippen molar-refractivity contribution in [2.75, 3.05) is 18.4 Å². The second-order valence-corrected chi connectivity index (χ2v) is 13.7. The molecule has 5 rings (SSSR count). The Morgan fingerprint density at radius 1 is 0.870 bits per heavy atom. The van der Waals surface area contributed by atoms with Crippen LogP contribution in [0.25, 0.3) is 11.4 Å². The number of aromatic nitrogens is 3. The minimum Gasteiger partial charge on any atom is -0.457 e. The highest BCUT2D eigenvalue weighted by atomic mass is 32.2. The monoisotopic (exact) mass is 655 g/mol. The summed E-state index contributed by atoms with van der Waals surface area (Å²) in [5, 5.41) is 12.0. The van der Waals surface area contributed by atoms with Crippen molar-refractivity contribution in [3.05, 3.63) is 115 Å². The van der Waals surface area contributed by atoms with Gasteiger partial charge in [0.25, 0.3) is 0 Å². The fourth-order valence-electron chi connectivity index (χ4n) is 4.87. The molecule has 1 N–H and O–H groups in total. The Bertz CT molecular complexity index is 1840. The molecule has 1 atom stereocenters. The number of carbonyl (C=O) groups excluding carboxylic acids is 1. The Labute approximate surface area is 274 Å². The molecule has 1 heterocycles. The second-order valence-electron chi connectivity index (χ2n) is 10.5. The van der Waals surface area contributed by atoms with E-state index in [0.717, 1.165) is 11.3 Å². The van der Waals surface area contributed by atoms with Crippen LogP contribution in [-0.2, 0) is 27.8 Å². The summed E-state index contributed by atoms with van der Waals surface area (Å²) in [4.78, 5) is 13.4. The average molecular weight is 656 g/mol. The Kier molecular flexibility index (Phi) is 10.9. The van der Waals surface area contributed by atoms with E-state index in [9.17, 15) is 13.2 Å². The first-order chi connectivity index (χ1) is 22.3. The van der Waals surface area contributed by atoms with Crippen molar-refractivity contribution in [1.82, 2.24) is 19.1 Å². The fraction of sp³-hybridized carbons (Fsp3) is 0.229. The average Bonchev–Trinajstić information content (AvgIpc) is 3.48. The lowest BCUT2D eigenvalue weighted by Crippen LogP contribution is -2.30. The summed E-state index contributed by atoms with van der Waals surface area (Å²) in [6, 6.07) is 33.6. The zero-order valence-corrected chi connectivity index (χ0v) is 27.7. The number of sulfonamides is 1. The van der Waals surface area contributed by atoms with E-state index in [-0.39, 0.29) is 10.8 Å². The Balaban J connectivity index is 1.35. The first kappa shape index (κ1) is 32.9. The van der Waals surface area contributed by atoms with Crippen LogP contribution in [0.1, 0.15) is 26.3 Å². The first-order valence-electron chi connectivity index (χ1n) is 15.2. The molecule has 11 heteroatoms. The van der Waals surface area contributed by atoms with Crippen molar-refractivity contribution >= 4 is 33.4 Å². The SMILES string of the molecule is CCN(CC)S(=O)(=O)c1cccc(-c2nnc(SC(C)C(=O)Nc3ccc(Oc4ccccc4)cc3)n2CCc2ccccc2)c1. The predicted molar refractivity (Wildman–Crippen MR) is 183 cm³/mol. The molecule has 0 bridgehead atoms. The smallest absolute Gasteiger partial charge is 0.243 e. The Morgan fingerprint density at radius 2 is 1.52 bits per heavy atom. The van der Waals surface area contributed by atoms with E-state index in [0.29, 0.717) is 54.0 Å². The predicted octanol–water partition coefficient (Wildman–Crippen LogP) is 7.13. The number of amides is 1. The number of nitrogens with zero attached hydrogens (tertiary/aromatic N) is 4. The van der Waals surface area contributed by atoms with Crippen LogP contribution in [0.4, 0.5) is 5.69 Å². The van der Waals surface area contributed by atoms with Gasteiger partial charge in [0, 0.05) is 30.9 Å². The highest BCUT2D eigenvalue weighted by Crippen LogP contribution is 2.30. The number of rotatable bonds is 14. The van der Waals surface area contributed by atoms with Crippen LogP contribution in [0.3, 0.4) is 0 Å². The molecule has 9 nitrogen and oxygen atoms in total. The van der Waals surface area contributed by atoms with E-state index in [1.165, 1.54) is 16.1 Å². The summed E-state index contributed by atoms with van der Waals surface area (Å²) < 4.78 is 35.8. The highest BCUT2D eigenvalue weighted by Gasteiger charge is 2.25. The quantitative estimate of drug-likeness (QED) is 0.127. The van der Waals surface area contributed by atoms with Crippen molar-refractivity contribution in [2.45, 2.75) is 49.0 Å². The lowest BCUT2D eigenvalue weighted by molar-refractivity contribution is -0.115. The molecule has 5 aromatic rings. The Hall–Kier alpha value is -4.45. The summed E-state index contributed by atoms with van der Waals surface area (Å²) in [5.41, 5.74) is 2.42. The number of nitrogens with one attached hydrogen (secondary N) is 1. The van der Waals surface area contributed by atoms with E-state index < -0.39 is 15.3 Å². The summed E-state index contributed by atoms with van der Waals surface area (Å²) >= 11 is 1.30. The van der Waals surface area contributed by atoms with Gasteiger partial charge in [-0.3, -0.25) is 4.79 Å². The van der Waals surface area contributed by atoms with E-state index in [1.54, 1.807) is 30.3 Å². The summed E-state index contributed by atoms with van der Waals surface area (Å²) in [7, 11) is -3.66. The minimum absolute atomic E-state index is 0.187. The number of carbonyl (C=O) groups is 1. The minimum atomic E-state index is -3.66.